The lowest BCUT2D eigenvalue weighted by Crippen LogP contribution is -2.30. The first-order valence-electron chi connectivity index (χ1n) is 9.81. The molecule has 1 heterocycles. The Bertz CT molecular complexity index is 1310. The van der Waals surface area contributed by atoms with E-state index in [4.69, 9.17) is 9.84 Å². The number of carboxylic acid groups (broad SMARTS) is 1. The topological polar surface area (TPSA) is 121 Å². The third kappa shape index (κ3) is 4.49. The molecule has 1 aromatic heterocycles. The minimum absolute atomic E-state index is 0.0372. The van der Waals surface area contributed by atoms with Gasteiger partial charge in [-0.05, 0) is 43.3 Å². The van der Waals surface area contributed by atoms with Gasteiger partial charge in [-0.2, -0.15) is 0 Å². The number of rotatable bonds is 6. The van der Waals surface area contributed by atoms with E-state index in [2.05, 4.69) is 15.3 Å². The number of aromatic amines is 1. The summed E-state index contributed by atoms with van der Waals surface area (Å²) < 4.78 is 5.29. The lowest BCUT2D eigenvalue weighted by molar-refractivity contribution is -0.123. The maximum absolute atomic E-state index is 12.6. The van der Waals surface area contributed by atoms with Crippen molar-refractivity contribution in [1.29, 1.82) is 0 Å². The van der Waals surface area contributed by atoms with Crippen molar-refractivity contribution in [3.05, 3.63) is 83.9 Å². The van der Waals surface area contributed by atoms with Crippen molar-refractivity contribution in [2.45, 2.75) is 13.0 Å². The van der Waals surface area contributed by atoms with Crippen molar-refractivity contribution in [3.63, 3.8) is 0 Å². The summed E-state index contributed by atoms with van der Waals surface area (Å²) in [4.78, 5) is 43.7. The highest BCUT2D eigenvalue weighted by molar-refractivity contribution is 5.99. The monoisotopic (exact) mass is 429 g/mol. The Morgan fingerprint density at radius 2 is 1.75 bits per heavy atom. The number of hydrogen-bond donors (Lipinski definition) is 3. The number of carbonyl (C=O) groups is 3. The fourth-order valence-electron chi connectivity index (χ4n) is 3.13. The Labute approximate surface area is 182 Å². The van der Waals surface area contributed by atoms with Crippen molar-refractivity contribution in [2.75, 3.05) is 5.32 Å². The minimum Gasteiger partial charge on any atom is -0.478 e. The number of fused-ring (bicyclic) bond motifs is 1. The van der Waals surface area contributed by atoms with Crippen molar-refractivity contribution < 1.29 is 24.2 Å². The maximum atomic E-state index is 12.6. The van der Waals surface area contributed by atoms with Crippen LogP contribution in [0.4, 0.5) is 5.69 Å². The molecule has 0 saturated carbocycles. The quantitative estimate of drug-likeness (QED) is 0.397. The van der Waals surface area contributed by atoms with Crippen LogP contribution in [-0.2, 0) is 9.53 Å². The number of imidazole rings is 1. The van der Waals surface area contributed by atoms with Crippen molar-refractivity contribution >= 4 is 34.6 Å². The molecular weight excluding hydrogens is 410 g/mol. The average molecular weight is 429 g/mol. The first-order valence-corrected chi connectivity index (χ1v) is 9.81. The first-order chi connectivity index (χ1) is 15.4. The van der Waals surface area contributed by atoms with Gasteiger partial charge in [-0.3, -0.25) is 4.79 Å². The summed E-state index contributed by atoms with van der Waals surface area (Å²) in [6, 6.07) is 20.3. The van der Waals surface area contributed by atoms with Crippen LogP contribution in [0.3, 0.4) is 0 Å². The maximum Gasteiger partial charge on any atom is 0.338 e. The van der Waals surface area contributed by atoms with Gasteiger partial charge in [0.05, 0.1) is 22.2 Å². The average Bonchev–Trinajstić information content (AvgIpc) is 3.23. The predicted molar refractivity (Wildman–Crippen MR) is 118 cm³/mol. The van der Waals surface area contributed by atoms with Gasteiger partial charge in [0.2, 0.25) is 0 Å². The Morgan fingerprint density at radius 1 is 0.969 bits per heavy atom. The third-order valence-corrected chi connectivity index (χ3v) is 4.79. The Balaban J connectivity index is 1.45. The molecular formula is C24H19N3O5. The van der Waals surface area contributed by atoms with Gasteiger partial charge in [0, 0.05) is 11.3 Å². The number of aromatic carboxylic acids is 1. The fourth-order valence-corrected chi connectivity index (χ4v) is 3.13. The second-order valence-electron chi connectivity index (χ2n) is 7.11. The smallest absolute Gasteiger partial charge is 0.338 e. The van der Waals surface area contributed by atoms with Crippen LogP contribution in [0.5, 0.6) is 0 Å². The molecule has 0 aliphatic rings. The zero-order valence-electron chi connectivity index (χ0n) is 17.0. The molecule has 0 aliphatic carbocycles. The van der Waals surface area contributed by atoms with Gasteiger partial charge in [0.1, 0.15) is 5.82 Å². The molecule has 0 spiro atoms. The number of nitrogens with zero attached hydrogens (tertiary/aromatic N) is 1. The fraction of sp³-hybridized carbons (Fsp3) is 0.0833. The molecule has 1 atom stereocenters. The second kappa shape index (κ2) is 8.73. The molecule has 160 valence electrons. The molecule has 0 saturated heterocycles. The minimum atomic E-state index is -1.11. The van der Waals surface area contributed by atoms with E-state index >= 15 is 0 Å². The number of carbonyl (C=O) groups excluding carboxylic acids is 2. The van der Waals surface area contributed by atoms with E-state index in [-0.39, 0.29) is 11.1 Å². The summed E-state index contributed by atoms with van der Waals surface area (Å²) in [5.41, 5.74) is 2.89. The highest BCUT2D eigenvalue weighted by Gasteiger charge is 2.20. The molecule has 1 amide bonds. The second-order valence-corrected chi connectivity index (χ2v) is 7.11. The Kier molecular flexibility index (Phi) is 5.67. The number of amides is 1. The lowest BCUT2D eigenvalue weighted by atomic mass is 10.2. The lowest BCUT2D eigenvalue weighted by Gasteiger charge is -2.14. The molecule has 0 fully saturated rings. The summed E-state index contributed by atoms with van der Waals surface area (Å²) in [5.74, 6) is -1.66. The van der Waals surface area contributed by atoms with Crippen LogP contribution in [0.1, 0.15) is 27.6 Å². The predicted octanol–water partition coefficient (Wildman–Crippen LogP) is 4.11. The van der Waals surface area contributed by atoms with Gasteiger partial charge in [-0.25, -0.2) is 14.6 Å². The number of carboxylic acids is 1. The molecule has 3 aromatic carbocycles. The number of ether oxygens (including phenoxy) is 1. The zero-order valence-corrected chi connectivity index (χ0v) is 17.0. The summed E-state index contributed by atoms with van der Waals surface area (Å²) in [6.45, 7) is 1.44. The Hall–Kier alpha value is -4.46. The van der Waals surface area contributed by atoms with E-state index in [1.165, 1.54) is 25.1 Å². The third-order valence-electron chi connectivity index (χ3n) is 4.79. The van der Waals surface area contributed by atoms with Crippen molar-refractivity contribution in [3.8, 4) is 11.4 Å². The number of nitrogens with one attached hydrogen (secondary N) is 2. The molecule has 0 aliphatic heterocycles. The molecule has 4 rings (SSSR count). The van der Waals surface area contributed by atoms with Crippen molar-refractivity contribution in [2.24, 2.45) is 0 Å². The van der Waals surface area contributed by atoms with E-state index in [1.807, 2.05) is 30.3 Å². The van der Waals surface area contributed by atoms with Gasteiger partial charge >= 0.3 is 11.9 Å². The van der Waals surface area contributed by atoms with Gasteiger partial charge in [0.25, 0.3) is 5.91 Å². The van der Waals surface area contributed by atoms with E-state index in [0.29, 0.717) is 22.5 Å². The summed E-state index contributed by atoms with van der Waals surface area (Å²) in [7, 11) is 0. The molecule has 0 bridgehead atoms. The summed E-state index contributed by atoms with van der Waals surface area (Å²) in [5, 5.41) is 11.6. The van der Waals surface area contributed by atoms with E-state index in [1.54, 1.807) is 24.3 Å². The van der Waals surface area contributed by atoms with Gasteiger partial charge in [0.15, 0.2) is 6.10 Å². The molecule has 32 heavy (non-hydrogen) atoms. The van der Waals surface area contributed by atoms with Crippen molar-refractivity contribution in [1.82, 2.24) is 9.97 Å². The van der Waals surface area contributed by atoms with E-state index in [0.717, 1.165) is 5.56 Å². The van der Waals surface area contributed by atoms with E-state index < -0.39 is 23.9 Å². The Morgan fingerprint density at radius 3 is 2.50 bits per heavy atom. The van der Waals surface area contributed by atoms with Crippen LogP contribution in [0.25, 0.3) is 22.4 Å². The SMILES string of the molecule is CC(OC(=O)c1ccc2nc(-c3ccccc3)[nH]c2c1)C(=O)Nc1cccc(C(=O)O)c1. The van der Waals surface area contributed by atoms with E-state index in [9.17, 15) is 14.4 Å². The highest BCUT2D eigenvalue weighted by Crippen LogP contribution is 2.21. The number of benzene rings is 3. The number of anilines is 1. The van der Waals surface area contributed by atoms with Crippen LogP contribution in [0.2, 0.25) is 0 Å². The van der Waals surface area contributed by atoms with Crippen LogP contribution in [0.15, 0.2) is 72.8 Å². The molecule has 4 aromatic rings. The largest absolute Gasteiger partial charge is 0.478 e. The number of H-pyrrole nitrogens is 1. The molecule has 3 N–H and O–H groups in total. The summed E-state index contributed by atoms with van der Waals surface area (Å²) in [6.07, 6.45) is -1.09. The van der Waals surface area contributed by atoms with Crippen LogP contribution < -0.4 is 5.32 Å². The summed E-state index contributed by atoms with van der Waals surface area (Å²) >= 11 is 0. The van der Waals surface area contributed by atoms with Gasteiger partial charge in [-0.15, -0.1) is 0 Å². The van der Waals surface area contributed by atoms with Gasteiger partial charge in [-0.1, -0.05) is 36.4 Å². The standard InChI is InChI=1S/C24H19N3O5/c1-14(22(28)25-18-9-5-8-16(12-18)23(29)30)32-24(31)17-10-11-19-20(13-17)27-21(26-19)15-6-3-2-4-7-15/h2-14H,1H3,(H,25,28)(H,26,27)(H,29,30). The number of hydrogen-bond acceptors (Lipinski definition) is 5. The molecule has 8 heteroatoms. The van der Waals surface area contributed by atoms with Gasteiger partial charge < -0.3 is 20.1 Å². The van der Waals surface area contributed by atoms with Crippen LogP contribution in [-0.4, -0.2) is 39.0 Å². The number of aromatic nitrogens is 2. The molecule has 0 radical (unpaired) electrons. The van der Waals surface area contributed by atoms with Crippen LogP contribution >= 0.6 is 0 Å². The number of esters is 1. The highest BCUT2D eigenvalue weighted by atomic mass is 16.5. The normalized spacial score (nSPS) is 11.7. The molecule has 1 unspecified atom stereocenters. The molecule has 8 nitrogen and oxygen atoms in total. The van der Waals surface area contributed by atoms with Crippen LogP contribution in [0, 0.1) is 0 Å². The first kappa shape index (κ1) is 20.8. The zero-order chi connectivity index (χ0) is 22.7.